The average molecular weight is 310 g/mol. The first-order valence-corrected chi connectivity index (χ1v) is 8.53. The van der Waals surface area contributed by atoms with Crippen LogP contribution in [0.5, 0.6) is 0 Å². The van der Waals surface area contributed by atoms with Crippen molar-refractivity contribution in [2.75, 3.05) is 13.2 Å². The van der Waals surface area contributed by atoms with Crippen LogP contribution in [0.4, 0.5) is 0 Å². The van der Waals surface area contributed by atoms with Crippen molar-refractivity contribution in [3.8, 4) is 0 Å². The summed E-state index contributed by atoms with van der Waals surface area (Å²) < 4.78 is 33.2. The van der Waals surface area contributed by atoms with Gasteiger partial charge >= 0.3 is 0 Å². The number of sulfonamides is 1. The van der Waals surface area contributed by atoms with Gasteiger partial charge in [-0.1, -0.05) is 11.6 Å². The number of hydrogen-bond acceptors (Lipinski definition) is 4. The monoisotopic (exact) mass is 309 g/mol. The van der Waals surface area contributed by atoms with Crippen molar-refractivity contribution in [3.05, 3.63) is 16.0 Å². The van der Waals surface area contributed by atoms with Crippen molar-refractivity contribution in [1.82, 2.24) is 4.72 Å². The maximum atomic E-state index is 12.2. The third kappa shape index (κ3) is 3.45. The number of aryl methyl sites for hydroxylation is 1. The molecule has 1 unspecified atom stereocenters. The van der Waals surface area contributed by atoms with E-state index in [0.29, 0.717) is 17.6 Å². The van der Waals surface area contributed by atoms with E-state index in [1.807, 2.05) is 0 Å². The zero-order valence-electron chi connectivity index (χ0n) is 10.1. The Morgan fingerprint density at radius 3 is 2.89 bits per heavy atom. The Hall–Kier alpha value is -0.140. The second kappa shape index (κ2) is 5.88. The minimum absolute atomic E-state index is 0.0429. The first-order chi connectivity index (χ1) is 8.49. The van der Waals surface area contributed by atoms with E-state index in [2.05, 4.69) is 4.72 Å². The standard InChI is InChI=1S/C11H16ClNO3S2/c1-8-7-10(17-11(8)12)18(14,15)13-9-3-2-5-16-6-4-9/h7,9,13H,2-6H2,1H3. The van der Waals surface area contributed by atoms with Gasteiger partial charge in [-0.2, -0.15) is 0 Å². The highest BCUT2D eigenvalue weighted by atomic mass is 35.5. The fourth-order valence-corrected chi connectivity index (χ4v) is 4.89. The number of hydrogen-bond donors (Lipinski definition) is 1. The minimum atomic E-state index is -3.45. The highest BCUT2D eigenvalue weighted by Gasteiger charge is 2.23. The van der Waals surface area contributed by atoms with Crippen LogP contribution in [0.25, 0.3) is 0 Å². The van der Waals surface area contributed by atoms with Crippen LogP contribution in [-0.4, -0.2) is 27.7 Å². The van der Waals surface area contributed by atoms with Crippen LogP contribution in [0.15, 0.2) is 10.3 Å². The van der Waals surface area contributed by atoms with Crippen LogP contribution in [0, 0.1) is 6.92 Å². The molecule has 0 spiro atoms. The lowest BCUT2D eigenvalue weighted by Crippen LogP contribution is -2.34. The molecule has 1 fully saturated rings. The smallest absolute Gasteiger partial charge is 0.250 e. The van der Waals surface area contributed by atoms with E-state index in [1.165, 1.54) is 0 Å². The number of ether oxygens (including phenoxy) is 1. The van der Waals surface area contributed by atoms with Crippen LogP contribution in [0.3, 0.4) is 0 Å². The van der Waals surface area contributed by atoms with Gasteiger partial charge in [-0.15, -0.1) is 11.3 Å². The molecule has 1 atom stereocenters. The molecule has 1 N–H and O–H groups in total. The van der Waals surface area contributed by atoms with Crippen molar-refractivity contribution in [2.24, 2.45) is 0 Å². The minimum Gasteiger partial charge on any atom is -0.381 e. The molecule has 1 aromatic heterocycles. The molecule has 18 heavy (non-hydrogen) atoms. The summed E-state index contributed by atoms with van der Waals surface area (Å²) in [5, 5.41) is 0. The molecular weight excluding hydrogens is 294 g/mol. The quantitative estimate of drug-likeness (QED) is 0.933. The van der Waals surface area contributed by atoms with Crippen LogP contribution >= 0.6 is 22.9 Å². The Bertz CT molecular complexity index is 485. The molecule has 2 rings (SSSR count). The van der Waals surface area contributed by atoms with Gasteiger partial charge in [0.1, 0.15) is 4.21 Å². The summed E-state index contributed by atoms with van der Waals surface area (Å²) in [7, 11) is -3.45. The van der Waals surface area contributed by atoms with Crippen molar-refractivity contribution in [3.63, 3.8) is 0 Å². The van der Waals surface area contributed by atoms with Crippen molar-refractivity contribution < 1.29 is 13.2 Å². The van der Waals surface area contributed by atoms with Gasteiger partial charge < -0.3 is 4.74 Å². The molecule has 102 valence electrons. The van der Waals surface area contributed by atoms with Crippen LogP contribution in [-0.2, 0) is 14.8 Å². The summed E-state index contributed by atoms with van der Waals surface area (Å²) in [5.74, 6) is 0. The van der Waals surface area contributed by atoms with Crippen LogP contribution < -0.4 is 4.72 Å². The molecule has 7 heteroatoms. The van der Waals surface area contributed by atoms with E-state index < -0.39 is 10.0 Å². The molecule has 1 saturated heterocycles. The van der Waals surface area contributed by atoms with Gasteiger partial charge in [0.2, 0.25) is 10.0 Å². The fourth-order valence-electron chi connectivity index (χ4n) is 1.86. The molecule has 0 amide bonds. The molecule has 0 bridgehead atoms. The summed E-state index contributed by atoms with van der Waals surface area (Å²) in [4.78, 5) is 0. The van der Waals surface area contributed by atoms with Crippen molar-refractivity contribution >= 4 is 33.0 Å². The van der Waals surface area contributed by atoms with Gasteiger partial charge in [0.05, 0.1) is 4.34 Å². The first-order valence-electron chi connectivity index (χ1n) is 5.85. The Labute approximate surface area is 116 Å². The van der Waals surface area contributed by atoms with Gasteiger partial charge in [-0.3, -0.25) is 0 Å². The molecule has 0 radical (unpaired) electrons. The zero-order chi connectivity index (χ0) is 13.2. The van der Waals surface area contributed by atoms with Crippen molar-refractivity contribution in [2.45, 2.75) is 36.4 Å². The second-order valence-corrected chi connectivity index (χ2v) is 7.98. The Morgan fingerprint density at radius 2 is 2.22 bits per heavy atom. The van der Waals surface area contributed by atoms with Gasteiger partial charge in [0.25, 0.3) is 0 Å². The number of thiophene rings is 1. The van der Waals surface area contributed by atoms with Crippen LogP contribution in [0.2, 0.25) is 4.34 Å². The number of nitrogens with one attached hydrogen (secondary N) is 1. The highest BCUT2D eigenvalue weighted by molar-refractivity contribution is 7.91. The lowest BCUT2D eigenvalue weighted by atomic mass is 10.1. The third-order valence-electron chi connectivity index (χ3n) is 2.87. The summed E-state index contributed by atoms with van der Waals surface area (Å²) in [6, 6.07) is 1.57. The average Bonchev–Trinajstić information content (AvgIpc) is 2.53. The van der Waals surface area contributed by atoms with Gasteiger partial charge in [0.15, 0.2) is 0 Å². The molecular formula is C11H16ClNO3S2. The van der Waals surface area contributed by atoms with E-state index in [0.717, 1.165) is 36.2 Å². The molecule has 0 aliphatic carbocycles. The summed E-state index contributed by atoms with van der Waals surface area (Å²) >= 11 is 7.01. The third-order valence-corrected chi connectivity index (χ3v) is 6.42. The lowest BCUT2D eigenvalue weighted by Gasteiger charge is -2.14. The second-order valence-electron chi connectivity index (χ2n) is 4.38. The molecule has 0 saturated carbocycles. The van der Waals surface area contributed by atoms with Gasteiger partial charge in [-0.25, -0.2) is 13.1 Å². The molecule has 1 aromatic rings. The fraction of sp³-hybridized carbons (Fsp3) is 0.636. The Morgan fingerprint density at radius 1 is 1.44 bits per heavy atom. The maximum absolute atomic E-state index is 12.2. The van der Waals surface area contributed by atoms with E-state index in [9.17, 15) is 8.42 Å². The lowest BCUT2D eigenvalue weighted by molar-refractivity contribution is 0.143. The van der Waals surface area contributed by atoms with Gasteiger partial charge in [0, 0.05) is 19.3 Å². The number of rotatable bonds is 3. The van der Waals surface area contributed by atoms with E-state index >= 15 is 0 Å². The Kier molecular flexibility index (Phi) is 4.66. The predicted molar refractivity (Wildman–Crippen MR) is 72.8 cm³/mol. The molecule has 4 nitrogen and oxygen atoms in total. The summed E-state index contributed by atoms with van der Waals surface area (Å²) in [5.41, 5.74) is 0.797. The molecule has 0 aromatic carbocycles. The van der Waals surface area contributed by atoms with E-state index in [-0.39, 0.29) is 10.3 Å². The Balaban J connectivity index is 2.11. The number of halogens is 1. The van der Waals surface area contributed by atoms with E-state index in [1.54, 1.807) is 13.0 Å². The highest BCUT2D eigenvalue weighted by Crippen LogP contribution is 2.30. The SMILES string of the molecule is Cc1cc(S(=O)(=O)NC2CCCOCC2)sc1Cl. The normalized spacial score (nSPS) is 21.8. The molecule has 1 aliphatic rings. The summed E-state index contributed by atoms with van der Waals surface area (Å²) in [6.45, 7) is 3.12. The first kappa shape index (κ1) is 14.3. The topological polar surface area (TPSA) is 55.4 Å². The van der Waals surface area contributed by atoms with E-state index in [4.69, 9.17) is 16.3 Å². The molecule has 1 aliphatic heterocycles. The zero-order valence-corrected chi connectivity index (χ0v) is 12.5. The molecule has 2 heterocycles. The predicted octanol–water partition coefficient (Wildman–Crippen LogP) is 2.56. The van der Waals surface area contributed by atoms with Crippen molar-refractivity contribution in [1.29, 1.82) is 0 Å². The summed E-state index contributed by atoms with van der Waals surface area (Å²) in [6.07, 6.45) is 2.42. The maximum Gasteiger partial charge on any atom is 0.250 e. The largest absolute Gasteiger partial charge is 0.381 e. The van der Waals surface area contributed by atoms with Gasteiger partial charge in [-0.05, 0) is 37.8 Å². The van der Waals surface area contributed by atoms with Crippen LogP contribution in [0.1, 0.15) is 24.8 Å².